The minimum atomic E-state index is -0.170. The van der Waals surface area contributed by atoms with Crippen molar-refractivity contribution >= 4 is 0 Å². The van der Waals surface area contributed by atoms with E-state index in [2.05, 4.69) is 26.5 Å². The van der Waals surface area contributed by atoms with Gasteiger partial charge in [-0.3, -0.25) is 0 Å². The summed E-state index contributed by atoms with van der Waals surface area (Å²) in [7, 11) is 0. The molecule has 0 aliphatic heterocycles. The zero-order valence-electron chi connectivity index (χ0n) is 15.0. The van der Waals surface area contributed by atoms with Crippen LogP contribution < -0.4 is 0 Å². The molecule has 1 saturated carbocycles. The fourth-order valence-corrected chi connectivity index (χ4v) is 3.82. The van der Waals surface area contributed by atoms with Crippen molar-refractivity contribution < 1.29 is 4.39 Å². The molecule has 2 aliphatic carbocycles. The molecule has 0 radical (unpaired) electrons. The number of allylic oxidation sites excluding steroid dienone is 5. The SMILES string of the molecule is C=CC1=C(Cc2ccc(F)cc2)C=C2CCC(C)C2(C)C1.CC. The van der Waals surface area contributed by atoms with Crippen LogP contribution in [0.5, 0.6) is 0 Å². The van der Waals surface area contributed by atoms with Crippen LogP contribution in [-0.2, 0) is 6.42 Å². The Labute approximate surface area is 140 Å². The van der Waals surface area contributed by atoms with Gasteiger partial charge < -0.3 is 0 Å². The second-order valence-corrected chi connectivity index (χ2v) is 6.76. The Hall–Kier alpha value is -1.63. The predicted molar refractivity (Wildman–Crippen MR) is 97.9 cm³/mol. The average Bonchev–Trinajstić information content (AvgIpc) is 2.86. The Balaban J connectivity index is 0.000000924. The first kappa shape index (κ1) is 17.7. The largest absolute Gasteiger partial charge is 0.207 e. The quantitative estimate of drug-likeness (QED) is 0.586. The molecule has 2 atom stereocenters. The third-order valence-corrected chi connectivity index (χ3v) is 5.54. The Bertz CT molecular complexity index is 618. The molecule has 0 bridgehead atoms. The third-order valence-electron chi connectivity index (χ3n) is 5.54. The molecule has 0 N–H and O–H groups in total. The van der Waals surface area contributed by atoms with E-state index in [-0.39, 0.29) is 5.82 Å². The smallest absolute Gasteiger partial charge is 0.123 e. The van der Waals surface area contributed by atoms with Crippen molar-refractivity contribution in [1.29, 1.82) is 0 Å². The third kappa shape index (κ3) is 3.49. The molecule has 1 heteroatoms. The first-order valence-electron chi connectivity index (χ1n) is 8.83. The lowest BCUT2D eigenvalue weighted by atomic mass is 9.69. The van der Waals surface area contributed by atoms with Gasteiger partial charge in [0.1, 0.15) is 5.82 Å². The fraction of sp³-hybridized carbons (Fsp3) is 0.455. The van der Waals surface area contributed by atoms with E-state index in [1.54, 1.807) is 17.7 Å². The summed E-state index contributed by atoms with van der Waals surface area (Å²) < 4.78 is 13.0. The van der Waals surface area contributed by atoms with Crippen LogP contribution >= 0.6 is 0 Å². The van der Waals surface area contributed by atoms with E-state index in [4.69, 9.17) is 0 Å². The molecule has 0 aromatic heterocycles. The van der Waals surface area contributed by atoms with Gasteiger partial charge in [0.15, 0.2) is 0 Å². The van der Waals surface area contributed by atoms with Gasteiger partial charge in [0, 0.05) is 0 Å². The van der Waals surface area contributed by atoms with Gasteiger partial charge in [-0.15, -0.1) is 0 Å². The summed E-state index contributed by atoms with van der Waals surface area (Å²) in [4.78, 5) is 0. The Morgan fingerprint density at radius 1 is 1.26 bits per heavy atom. The standard InChI is InChI=1S/C20H23F.C2H6/c1-4-16-13-20(3)14(2)5-8-18(20)12-17(16)11-15-6-9-19(21)10-7-15;1-2/h4,6-7,9-10,12,14H,1,5,8,11,13H2,2-3H3;1-2H3. The summed E-state index contributed by atoms with van der Waals surface area (Å²) >= 11 is 0. The second-order valence-electron chi connectivity index (χ2n) is 6.76. The van der Waals surface area contributed by atoms with E-state index in [0.717, 1.165) is 24.3 Å². The molecule has 1 aromatic rings. The Morgan fingerprint density at radius 3 is 2.52 bits per heavy atom. The molecular weight excluding hydrogens is 283 g/mol. The van der Waals surface area contributed by atoms with E-state index >= 15 is 0 Å². The van der Waals surface area contributed by atoms with Gasteiger partial charge in [0.2, 0.25) is 0 Å². The highest BCUT2D eigenvalue weighted by atomic mass is 19.1. The van der Waals surface area contributed by atoms with Gasteiger partial charge in [-0.05, 0) is 65.9 Å². The molecule has 23 heavy (non-hydrogen) atoms. The highest BCUT2D eigenvalue weighted by Gasteiger charge is 2.42. The van der Waals surface area contributed by atoms with Gasteiger partial charge in [0.05, 0.1) is 0 Å². The first-order valence-corrected chi connectivity index (χ1v) is 8.83. The second kappa shape index (κ2) is 7.29. The van der Waals surface area contributed by atoms with Crippen LogP contribution in [0.4, 0.5) is 4.39 Å². The van der Waals surface area contributed by atoms with E-state index < -0.39 is 0 Å². The molecule has 1 fully saturated rings. The lowest BCUT2D eigenvalue weighted by molar-refractivity contribution is 0.292. The highest BCUT2D eigenvalue weighted by Crippen LogP contribution is 2.54. The van der Waals surface area contributed by atoms with Gasteiger partial charge in [-0.1, -0.05) is 64.1 Å². The van der Waals surface area contributed by atoms with Crippen LogP contribution in [0.3, 0.4) is 0 Å². The Morgan fingerprint density at radius 2 is 1.91 bits per heavy atom. The van der Waals surface area contributed by atoms with Gasteiger partial charge in [-0.2, -0.15) is 0 Å². The molecule has 0 spiro atoms. The van der Waals surface area contributed by atoms with E-state index in [9.17, 15) is 4.39 Å². The highest BCUT2D eigenvalue weighted by molar-refractivity contribution is 5.46. The normalized spacial score (nSPS) is 26.1. The van der Waals surface area contributed by atoms with Gasteiger partial charge in [-0.25, -0.2) is 4.39 Å². The molecule has 124 valence electrons. The number of benzene rings is 1. The van der Waals surface area contributed by atoms with Gasteiger partial charge >= 0.3 is 0 Å². The van der Waals surface area contributed by atoms with Crippen molar-refractivity contribution in [2.75, 3.05) is 0 Å². The summed E-state index contributed by atoms with van der Waals surface area (Å²) in [5, 5.41) is 0. The predicted octanol–water partition coefficient (Wildman–Crippen LogP) is 6.64. The van der Waals surface area contributed by atoms with E-state index in [1.807, 2.05) is 32.1 Å². The maximum Gasteiger partial charge on any atom is 0.123 e. The van der Waals surface area contributed by atoms with Crippen LogP contribution in [0, 0.1) is 17.2 Å². The lowest BCUT2D eigenvalue weighted by Gasteiger charge is -2.36. The van der Waals surface area contributed by atoms with Crippen LogP contribution in [0.1, 0.15) is 52.5 Å². The maximum absolute atomic E-state index is 13.0. The molecular formula is C22H29F. The molecule has 0 amide bonds. The topological polar surface area (TPSA) is 0 Å². The number of halogens is 1. The number of hydrogen-bond donors (Lipinski definition) is 0. The summed E-state index contributed by atoms with van der Waals surface area (Å²) in [5.74, 6) is 0.571. The molecule has 2 aliphatic rings. The van der Waals surface area contributed by atoms with E-state index in [1.165, 1.54) is 24.0 Å². The molecule has 2 unspecified atom stereocenters. The zero-order valence-corrected chi connectivity index (χ0v) is 15.0. The van der Waals surface area contributed by atoms with Crippen molar-refractivity contribution in [2.24, 2.45) is 11.3 Å². The monoisotopic (exact) mass is 312 g/mol. The van der Waals surface area contributed by atoms with Crippen LogP contribution in [0.25, 0.3) is 0 Å². The number of hydrogen-bond acceptors (Lipinski definition) is 0. The van der Waals surface area contributed by atoms with Crippen LogP contribution in [0.2, 0.25) is 0 Å². The first-order chi connectivity index (χ1) is 11.0. The Kier molecular flexibility index (Phi) is 5.62. The summed E-state index contributed by atoms with van der Waals surface area (Å²) in [6, 6.07) is 6.85. The summed E-state index contributed by atoms with van der Waals surface area (Å²) in [6.45, 7) is 12.8. The number of fused-ring (bicyclic) bond motifs is 1. The van der Waals surface area contributed by atoms with Crippen LogP contribution in [0.15, 0.2) is 59.7 Å². The van der Waals surface area contributed by atoms with Crippen LogP contribution in [-0.4, -0.2) is 0 Å². The summed E-state index contributed by atoms with van der Waals surface area (Å²) in [6.07, 6.45) is 8.89. The summed E-state index contributed by atoms with van der Waals surface area (Å²) in [5.41, 5.74) is 5.79. The van der Waals surface area contributed by atoms with Crippen molar-refractivity contribution in [1.82, 2.24) is 0 Å². The van der Waals surface area contributed by atoms with Crippen molar-refractivity contribution in [2.45, 2.75) is 53.4 Å². The van der Waals surface area contributed by atoms with E-state index in [0.29, 0.717) is 5.41 Å². The number of rotatable bonds is 3. The van der Waals surface area contributed by atoms with Crippen molar-refractivity contribution in [3.8, 4) is 0 Å². The molecule has 0 nitrogen and oxygen atoms in total. The van der Waals surface area contributed by atoms with Crippen molar-refractivity contribution in [3.05, 3.63) is 71.1 Å². The molecule has 3 rings (SSSR count). The average molecular weight is 312 g/mol. The minimum absolute atomic E-state index is 0.170. The maximum atomic E-state index is 13.0. The van der Waals surface area contributed by atoms with Crippen molar-refractivity contribution in [3.63, 3.8) is 0 Å². The molecule has 1 aromatic carbocycles. The molecule has 0 heterocycles. The molecule has 0 saturated heterocycles. The zero-order chi connectivity index (χ0) is 17.0. The minimum Gasteiger partial charge on any atom is -0.207 e. The fourth-order valence-electron chi connectivity index (χ4n) is 3.82. The van der Waals surface area contributed by atoms with Gasteiger partial charge in [0.25, 0.3) is 0 Å². The lowest BCUT2D eigenvalue weighted by Crippen LogP contribution is -2.25.